The molecule has 0 aromatic heterocycles. The molecule has 0 saturated heterocycles. The van der Waals surface area contributed by atoms with E-state index in [-0.39, 0.29) is 22.7 Å². The maximum atomic E-state index is 12.9. The van der Waals surface area contributed by atoms with Gasteiger partial charge in [-0.15, -0.1) is 0 Å². The highest BCUT2D eigenvalue weighted by Crippen LogP contribution is 2.44. The summed E-state index contributed by atoms with van der Waals surface area (Å²) in [4.78, 5) is 11.3. The predicted molar refractivity (Wildman–Crippen MR) is 73.6 cm³/mol. The van der Waals surface area contributed by atoms with Gasteiger partial charge >= 0.3 is 6.18 Å². The molecule has 1 aromatic carbocycles. The number of carbonyl (C=O) groups excluding carboxylic acids is 1. The lowest BCUT2D eigenvalue weighted by Crippen LogP contribution is -2.35. The van der Waals surface area contributed by atoms with E-state index in [0.717, 1.165) is 22.5 Å². The number of halogens is 3. The maximum absolute atomic E-state index is 12.9. The van der Waals surface area contributed by atoms with Gasteiger partial charge in [-0.1, -0.05) is 0 Å². The molecule has 0 N–H and O–H groups in total. The minimum Gasteiger partial charge on any atom is -0.300 e. The summed E-state index contributed by atoms with van der Waals surface area (Å²) in [5.41, 5.74) is -0.876. The van der Waals surface area contributed by atoms with Crippen LogP contribution in [-0.4, -0.2) is 24.5 Å². The zero-order chi connectivity index (χ0) is 16.9. The highest BCUT2D eigenvalue weighted by molar-refractivity contribution is 7.89. The molecule has 1 aliphatic rings. The molecule has 4 nitrogen and oxygen atoms in total. The minimum absolute atomic E-state index is 0.0405. The third-order valence-electron chi connectivity index (χ3n) is 3.55. The molecule has 2 rings (SSSR count). The molecule has 1 aromatic rings. The van der Waals surface area contributed by atoms with Crippen molar-refractivity contribution in [2.75, 3.05) is 0 Å². The summed E-state index contributed by atoms with van der Waals surface area (Å²) in [6.07, 6.45) is -4.71. The second-order valence-electron chi connectivity index (χ2n) is 5.60. The van der Waals surface area contributed by atoms with E-state index in [0.29, 0.717) is 0 Å². The van der Waals surface area contributed by atoms with Crippen LogP contribution in [-0.2, 0) is 21.0 Å². The molecule has 0 fully saturated rings. The Morgan fingerprint density at radius 2 is 1.91 bits per heavy atom. The molecule has 1 heterocycles. The topological polar surface area (TPSA) is 54.5 Å². The van der Waals surface area contributed by atoms with Crippen LogP contribution in [0.25, 0.3) is 0 Å². The van der Waals surface area contributed by atoms with E-state index >= 15 is 0 Å². The van der Waals surface area contributed by atoms with E-state index < -0.39 is 33.8 Å². The van der Waals surface area contributed by atoms with Gasteiger partial charge < -0.3 is 0 Å². The molecule has 0 saturated carbocycles. The van der Waals surface area contributed by atoms with Crippen LogP contribution in [0, 0.1) is 0 Å². The van der Waals surface area contributed by atoms with E-state index in [1.807, 2.05) is 0 Å². The lowest BCUT2D eigenvalue weighted by atomic mass is 9.99. The summed E-state index contributed by atoms with van der Waals surface area (Å²) in [6.45, 7) is 4.54. The highest BCUT2D eigenvalue weighted by atomic mass is 32.2. The molecule has 0 aliphatic carbocycles. The van der Waals surface area contributed by atoms with Crippen LogP contribution in [0.15, 0.2) is 23.1 Å². The SMILES string of the molecule is CC(=O)C[C@H]1c2cc(C(F)(F)F)ccc2S(=O)(=O)N1C(C)C. The quantitative estimate of drug-likeness (QED) is 0.853. The van der Waals surface area contributed by atoms with Crippen LogP contribution in [0.5, 0.6) is 0 Å². The summed E-state index contributed by atoms with van der Waals surface area (Å²) in [6, 6.07) is 1.22. The van der Waals surface area contributed by atoms with Gasteiger partial charge in [0.1, 0.15) is 5.78 Å². The molecule has 22 heavy (non-hydrogen) atoms. The molecular weight excluding hydrogens is 319 g/mol. The third kappa shape index (κ3) is 2.77. The largest absolute Gasteiger partial charge is 0.416 e. The Labute approximate surface area is 127 Å². The first-order valence-corrected chi connectivity index (χ1v) is 8.14. The molecular formula is C14H16F3NO3S. The molecule has 1 aliphatic heterocycles. The van der Waals surface area contributed by atoms with Crippen LogP contribution in [0.4, 0.5) is 13.2 Å². The van der Waals surface area contributed by atoms with Gasteiger partial charge in [0.05, 0.1) is 16.5 Å². The highest BCUT2D eigenvalue weighted by Gasteiger charge is 2.45. The van der Waals surface area contributed by atoms with E-state index in [1.165, 1.54) is 6.92 Å². The van der Waals surface area contributed by atoms with Crippen molar-refractivity contribution >= 4 is 15.8 Å². The van der Waals surface area contributed by atoms with Crippen molar-refractivity contribution in [2.24, 2.45) is 0 Å². The fourth-order valence-electron chi connectivity index (χ4n) is 2.75. The standard InChI is InChI=1S/C14H16F3NO3S/c1-8(2)18-12(6-9(3)19)11-7-10(14(15,16)17)4-5-13(11)22(18,20)21/h4-5,7-8,12H,6H2,1-3H3/t12-/m0/s1. The number of alkyl halides is 3. The van der Waals surface area contributed by atoms with Crippen LogP contribution >= 0.6 is 0 Å². The molecule has 0 bridgehead atoms. The average Bonchev–Trinajstić information content (AvgIpc) is 2.55. The lowest BCUT2D eigenvalue weighted by molar-refractivity contribution is -0.137. The van der Waals surface area contributed by atoms with E-state index in [2.05, 4.69) is 0 Å². The number of carbonyl (C=O) groups is 1. The van der Waals surface area contributed by atoms with Gasteiger partial charge in [-0.05, 0) is 44.5 Å². The van der Waals surface area contributed by atoms with E-state index in [1.54, 1.807) is 13.8 Å². The first kappa shape index (κ1) is 17.0. The number of rotatable bonds is 3. The maximum Gasteiger partial charge on any atom is 0.416 e. The van der Waals surface area contributed by atoms with E-state index in [4.69, 9.17) is 0 Å². The van der Waals surface area contributed by atoms with Crippen molar-refractivity contribution in [3.05, 3.63) is 29.3 Å². The number of benzene rings is 1. The van der Waals surface area contributed by atoms with Gasteiger partial charge in [0.15, 0.2) is 0 Å². The molecule has 1 atom stereocenters. The first-order chi connectivity index (χ1) is 9.96. The van der Waals surface area contributed by atoms with Crippen LogP contribution < -0.4 is 0 Å². The summed E-state index contributed by atoms with van der Waals surface area (Å²) in [7, 11) is -3.89. The van der Waals surface area contributed by atoms with Crippen molar-refractivity contribution < 1.29 is 26.4 Å². The molecule has 0 unspecified atom stereocenters. The van der Waals surface area contributed by atoms with E-state index in [9.17, 15) is 26.4 Å². The molecule has 8 heteroatoms. The first-order valence-electron chi connectivity index (χ1n) is 6.70. The zero-order valence-corrected chi connectivity index (χ0v) is 13.1. The Balaban J connectivity index is 2.67. The van der Waals surface area contributed by atoms with Crippen LogP contribution in [0.1, 0.15) is 44.4 Å². The fraction of sp³-hybridized carbons (Fsp3) is 0.500. The van der Waals surface area contributed by atoms with Crippen molar-refractivity contribution in [3.8, 4) is 0 Å². The molecule has 0 spiro atoms. The minimum atomic E-state index is -4.56. The summed E-state index contributed by atoms with van der Waals surface area (Å²) in [5.74, 6) is -0.281. The third-order valence-corrected chi connectivity index (χ3v) is 5.71. The second-order valence-corrected chi connectivity index (χ2v) is 7.41. The molecule has 0 radical (unpaired) electrons. The van der Waals surface area contributed by atoms with Gasteiger partial charge in [-0.2, -0.15) is 17.5 Å². The second kappa shape index (κ2) is 5.34. The summed E-state index contributed by atoms with van der Waals surface area (Å²) >= 11 is 0. The number of hydrogen-bond acceptors (Lipinski definition) is 3. The normalized spacial score (nSPS) is 21.1. The predicted octanol–water partition coefficient (Wildman–Crippen LogP) is 3.14. The fourth-order valence-corrected chi connectivity index (χ4v) is 4.79. The van der Waals surface area contributed by atoms with Crippen molar-refractivity contribution in [1.82, 2.24) is 4.31 Å². The van der Waals surface area contributed by atoms with Gasteiger partial charge in [-0.25, -0.2) is 8.42 Å². The van der Waals surface area contributed by atoms with Crippen molar-refractivity contribution in [3.63, 3.8) is 0 Å². The number of Topliss-reactive ketones (excluding diaryl/α,β-unsaturated/α-hetero) is 1. The Kier molecular flexibility index (Phi) is 4.12. The Morgan fingerprint density at radius 3 is 2.36 bits per heavy atom. The number of hydrogen-bond donors (Lipinski definition) is 0. The number of fused-ring (bicyclic) bond motifs is 1. The summed E-state index contributed by atoms with van der Waals surface area (Å²) < 4.78 is 64.7. The van der Waals surface area contributed by atoms with Crippen LogP contribution in [0.2, 0.25) is 0 Å². The number of nitrogens with zero attached hydrogens (tertiary/aromatic N) is 1. The van der Waals surface area contributed by atoms with Gasteiger partial charge in [-0.3, -0.25) is 4.79 Å². The van der Waals surface area contributed by atoms with Gasteiger partial charge in [0.2, 0.25) is 10.0 Å². The molecule has 0 amide bonds. The Bertz CT molecular complexity index is 711. The van der Waals surface area contributed by atoms with Gasteiger partial charge in [0, 0.05) is 12.5 Å². The number of ketones is 1. The van der Waals surface area contributed by atoms with Crippen molar-refractivity contribution in [1.29, 1.82) is 0 Å². The number of sulfonamides is 1. The van der Waals surface area contributed by atoms with Crippen LogP contribution in [0.3, 0.4) is 0 Å². The Morgan fingerprint density at radius 1 is 1.32 bits per heavy atom. The van der Waals surface area contributed by atoms with Crippen molar-refractivity contribution in [2.45, 2.75) is 50.3 Å². The lowest BCUT2D eigenvalue weighted by Gasteiger charge is -2.26. The summed E-state index contributed by atoms with van der Waals surface area (Å²) in [5, 5.41) is 0. The Hall–Kier alpha value is -1.41. The average molecular weight is 335 g/mol. The smallest absolute Gasteiger partial charge is 0.300 e. The molecule has 122 valence electrons. The van der Waals surface area contributed by atoms with Gasteiger partial charge in [0.25, 0.3) is 0 Å². The monoisotopic (exact) mass is 335 g/mol. The zero-order valence-electron chi connectivity index (χ0n) is 12.3.